The summed E-state index contributed by atoms with van der Waals surface area (Å²) >= 11 is 0. The van der Waals surface area contributed by atoms with Crippen molar-refractivity contribution >= 4 is 0 Å². The van der Waals surface area contributed by atoms with E-state index in [0.717, 1.165) is 49.7 Å². The number of unbranched alkanes of at least 4 members (excludes halogenated alkanes) is 2. The zero-order valence-electron chi connectivity index (χ0n) is 29.0. The standard InChI is InChI=1S/2C20H32O3/c2*1-4-7-14-17(19(22)16-12-9-8-10-13-16)20(23,15-6-3)18(21)11-5-2/h2*6,8-10,12-13,17-19,21-23H,3-5,7,11,14-15H2,1-2H3/t2*17-,18+,19-,20-/m00/s1. The second-order valence-corrected chi connectivity index (χ2v) is 12.8. The van der Waals surface area contributed by atoms with Gasteiger partial charge in [0.05, 0.1) is 35.6 Å². The van der Waals surface area contributed by atoms with E-state index < -0.39 is 47.5 Å². The molecule has 0 fully saturated rings. The fourth-order valence-corrected chi connectivity index (χ4v) is 6.55. The first kappa shape index (κ1) is 41.7. The van der Waals surface area contributed by atoms with Gasteiger partial charge in [0.15, 0.2) is 0 Å². The van der Waals surface area contributed by atoms with Crippen molar-refractivity contribution in [1.82, 2.24) is 0 Å². The fraction of sp³-hybridized carbons (Fsp3) is 0.600. The third-order valence-corrected chi connectivity index (χ3v) is 9.29. The molecular formula is C40H64O6. The predicted octanol–water partition coefficient (Wildman–Crippen LogP) is 7.99. The molecule has 0 aromatic heterocycles. The van der Waals surface area contributed by atoms with Crippen molar-refractivity contribution in [2.45, 2.75) is 140 Å². The zero-order valence-corrected chi connectivity index (χ0v) is 29.0. The van der Waals surface area contributed by atoms with Gasteiger partial charge >= 0.3 is 0 Å². The first-order valence-corrected chi connectivity index (χ1v) is 17.5. The van der Waals surface area contributed by atoms with Gasteiger partial charge in [-0.15, -0.1) is 13.2 Å². The molecule has 0 unspecified atom stereocenters. The topological polar surface area (TPSA) is 121 Å². The monoisotopic (exact) mass is 640 g/mol. The van der Waals surface area contributed by atoms with Crippen LogP contribution in [-0.4, -0.2) is 54.0 Å². The molecule has 2 aromatic rings. The first-order valence-electron chi connectivity index (χ1n) is 17.5. The Morgan fingerprint density at radius 3 is 1.13 bits per heavy atom. The van der Waals surface area contributed by atoms with Gasteiger partial charge in [0.2, 0.25) is 0 Å². The molecule has 0 aliphatic heterocycles. The van der Waals surface area contributed by atoms with Crippen LogP contribution in [0.4, 0.5) is 0 Å². The zero-order chi connectivity index (χ0) is 34.6. The largest absolute Gasteiger partial charge is 0.390 e. The molecule has 8 atom stereocenters. The van der Waals surface area contributed by atoms with Gasteiger partial charge in [-0.2, -0.15) is 0 Å². The maximum atomic E-state index is 11.2. The highest BCUT2D eigenvalue weighted by atomic mass is 16.4. The van der Waals surface area contributed by atoms with Crippen molar-refractivity contribution < 1.29 is 30.6 Å². The molecule has 0 saturated carbocycles. The summed E-state index contributed by atoms with van der Waals surface area (Å²) in [6, 6.07) is 18.8. The van der Waals surface area contributed by atoms with Crippen molar-refractivity contribution in [1.29, 1.82) is 0 Å². The lowest BCUT2D eigenvalue weighted by molar-refractivity contribution is -0.146. The van der Waals surface area contributed by atoms with Gasteiger partial charge in [-0.3, -0.25) is 0 Å². The Bertz CT molecular complexity index is 976. The molecular weight excluding hydrogens is 576 g/mol. The summed E-state index contributed by atoms with van der Waals surface area (Å²) in [6.45, 7) is 15.6. The number of aliphatic hydroxyl groups is 6. The molecule has 2 rings (SSSR count). The molecule has 6 N–H and O–H groups in total. The van der Waals surface area contributed by atoms with E-state index in [1.807, 2.05) is 74.5 Å². The Hall–Kier alpha value is -2.32. The maximum Gasteiger partial charge on any atom is 0.0995 e. The highest BCUT2D eigenvalue weighted by Gasteiger charge is 2.46. The van der Waals surface area contributed by atoms with Crippen molar-refractivity contribution in [2.24, 2.45) is 11.8 Å². The van der Waals surface area contributed by atoms with Gasteiger partial charge < -0.3 is 30.6 Å². The van der Waals surface area contributed by atoms with Crippen LogP contribution in [0.5, 0.6) is 0 Å². The van der Waals surface area contributed by atoms with E-state index >= 15 is 0 Å². The minimum Gasteiger partial charge on any atom is -0.390 e. The van der Waals surface area contributed by atoms with Gasteiger partial charge in [-0.1, -0.05) is 139 Å². The van der Waals surface area contributed by atoms with E-state index in [4.69, 9.17) is 0 Å². The van der Waals surface area contributed by atoms with Crippen LogP contribution in [-0.2, 0) is 0 Å². The minimum absolute atomic E-state index is 0.270. The van der Waals surface area contributed by atoms with E-state index in [2.05, 4.69) is 27.0 Å². The molecule has 46 heavy (non-hydrogen) atoms. The lowest BCUT2D eigenvalue weighted by Crippen LogP contribution is -2.50. The van der Waals surface area contributed by atoms with E-state index in [1.54, 1.807) is 12.2 Å². The molecule has 260 valence electrons. The van der Waals surface area contributed by atoms with Crippen LogP contribution in [0, 0.1) is 11.8 Å². The van der Waals surface area contributed by atoms with Crippen LogP contribution in [0.2, 0.25) is 0 Å². The van der Waals surface area contributed by atoms with Gasteiger partial charge in [0.25, 0.3) is 0 Å². The van der Waals surface area contributed by atoms with E-state index in [0.29, 0.717) is 25.7 Å². The normalized spacial score (nSPS) is 18.0. The van der Waals surface area contributed by atoms with E-state index in [-0.39, 0.29) is 12.8 Å². The molecule has 0 radical (unpaired) electrons. The summed E-state index contributed by atoms with van der Waals surface area (Å²) in [7, 11) is 0. The van der Waals surface area contributed by atoms with Crippen molar-refractivity contribution in [3.63, 3.8) is 0 Å². The van der Waals surface area contributed by atoms with E-state index in [9.17, 15) is 30.6 Å². The van der Waals surface area contributed by atoms with Crippen LogP contribution in [0.15, 0.2) is 86.0 Å². The SMILES string of the molecule is C=CC[C@@](O)([C@H](O)CCC)[C@@H](CCCC)[C@@H](O)c1ccccc1.C=CC[C@@](O)([C@H](O)CCC)[C@@H](CCCC)[C@@H](O)c1ccccc1. The molecule has 6 heteroatoms. The highest BCUT2D eigenvalue weighted by molar-refractivity contribution is 5.21. The van der Waals surface area contributed by atoms with E-state index in [1.165, 1.54) is 0 Å². The molecule has 0 aliphatic rings. The van der Waals surface area contributed by atoms with Crippen LogP contribution < -0.4 is 0 Å². The summed E-state index contributed by atoms with van der Waals surface area (Å²) < 4.78 is 0. The third-order valence-electron chi connectivity index (χ3n) is 9.29. The molecule has 0 amide bonds. The van der Waals surface area contributed by atoms with Crippen LogP contribution in [0.3, 0.4) is 0 Å². The Morgan fingerprint density at radius 2 is 0.870 bits per heavy atom. The van der Waals surface area contributed by atoms with Crippen molar-refractivity contribution in [3.05, 3.63) is 97.1 Å². The van der Waals surface area contributed by atoms with Crippen LogP contribution in [0.1, 0.15) is 128 Å². The quantitative estimate of drug-likeness (QED) is 0.0726. The van der Waals surface area contributed by atoms with Gasteiger partial charge in [-0.25, -0.2) is 0 Å². The summed E-state index contributed by atoms with van der Waals surface area (Å²) in [4.78, 5) is 0. The summed E-state index contributed by atoms with van der Waals surface area (Å²) in [6.07, 6.45) is 8.11. The van der Waals surface area contributed by atoms with Gasteiger partial charge in [-0.05, 0) is 49.7 Å². The van der Waals surface area contributed by atoms with Crippen molar-refractivity contribution in [3.8, 4) is 0 Å². The Balaban J connectivity index is 0.000000460. The minimum atomic E-state index is -1.36. The second-order valence-electron chi connectivity index (χ2n) is 12.8. The number of aliphatic hydroxyl groups excluding tert-OH is 4. The number of hydrogen-bond acceptors (Lipinski definition) is 6. The molecule has 0 aliphatic carbocycles. The Kier molecular flexibility index (Phi) is 20.2. The fourth-order valence-electron chi connectivity index (χ4n) is 6.55. The Morgan fingerprint density at radius 1 is 0.543 bits per heavy atom. The molecule has 0 bridgehead atoms. The third kappa shape index (κ3) is 12.0. The molecule has 6 nitrogen and oxygen atoms in total. The Labute approximate surface area is 279 Å². The van der Waals surface area contributed by atoms with Gasteiger partial charge in [0, 0.05) is 11.8 Å². The first-order chi connectivity index (χ1) is 22.0. The number of benzene rings is 2. The molecule has 0 saturated heterocycles. The summed E-state index contributed by atoms with van der Waals surface area (Å²) in [5.41, 5.74) is -1.16. The lowest BCUT2D eigenvalue weighted by Gasteiger charge is -2.42. The average Bonchev–Trinajstić information content (AvgIpc) is 3.06. The maximum absolute atomic E-state index is 11.2. The smallest absolute Gasteiger partial charge is 0.0995 e. The second kappa shape index (κ2) is 22.3. The summed E-state index contributed by atoms with van der Waals surface area (Å²) in [5.74, 6) is -0.853. The lowest BCUT2D eigenvalue weighted by atomic mass is 9.72. The van der Waals surface area contributed by atoms with Crippen LogP contribution in [0.25, 0.3) is 0 Å². The molecule has 0 heterocycles. The molecule has 0 spiro atoms. The number of rotatable bonds is 22. The van der Waals surface area contributed by atoms with Crippen LogP contribution >= 0.6 is 0 Å². The average molecular weight is 641 g/mol. The highest BCUT2D eigenvalue weighted by Crippen LogP contribution is 2.41. The number of hydrogen-bond donors (Lipinski definition) is 6. The predicted molar refractivity (Wildman–Crippen MR) is 190 cm³/mol. The molecule has 2 aromatic carbocycles. The summed E-state index contributed by atoms with van der Waals surface area (Å²) in [5, 5.41) is 65.4. The van der Waals surface area contributed by atoms with Gasteiger partial charge in [0.1, 0.15) is 0 Å². The van der Waals surface area contributed by atoms with Crippen molar-refractivity contribution in [2.75, 3.05) is 0 Å².